The number of phenols is 1. The third-order valence-corrected chi connectivity index (χ3v) is 3.89. The monoisotopic (exact) mass is 329 g/mol. The molecule has 3 rings (SSSR count). The molecule has 2 aromatic rings. The van der Waals surface area contributed by atoms with Crippen LogP contribution >= 0.6 is 0 Å². The van der Waals surface area contributed by atoms with Crippen molar-refractivity contribution in [2.75, 3.05) is 11.9 Å². The van der Waals surface area contributed by atoms with E-state index < -0.39 is 24.4 Å². The summed E-state index contributed by atoms with van der Waals surface area (Å²) >= 11 is 0. The van der Waals surface area contributed by atoms with E-state index >= 15 is 0 Å². The zero-order valence-electron chi connectivity index (χ0n) is 12.7. The first kappa shape index (κ1) is 16.0. The predicted molar refractivity (Wildman–Crippen MR) is 84.9 cm³/mol. The van der Waals surface area contributed by atoms with E-state index in [-0.39, 0.29) is 17.5 Å². The molecule has 2 atom stereocenters. The molecule has 1 saturated carbocycles. The number of phenolic OH excluding ortho intramolecular Hbond substituents is 1. The van der Waals surface area contributed by atoms with E-state index in [0.29, 0.717) is 17.7 Å². The maximum Gasteiger partial charge on any atom is 0.310 e. The molecular formula is C18H16FNO4. The van der Waals surface area contributed by atoms with Crippen molar-refractivity contribution in [3.05, 3.63) is 59.9 Å². The van der Waals surface area contributed by atoms with Crippen LogP contribution in [0.15, 0.2) is 48.5 Å². The Hall–Kier alpha value is -2.89. The molecule has 1 aliphatic carbocycles. The number of anilines is 1. The van der Waals surface area contributed by atoms with Crippen LogP contribution < -0.4 is 5.32 Å². The lowest BCUT2D eigenvalue weighted by Gasteiger charge is -2.07. The fourth-order valence-corrected chi connectivity index (χ4v) is 2.56. The van der Waals surface area contributed by atoms with Gasteiger partial charge in [0.05, 0.1) is 5.92 Å². The third kappa shape index (κ3) is 3.71. The standard InChI is InChI=1S/C18H16FNO4/c19-16-4-2-1-3-13(16)14-9-15(14)18(23)24-10-17(22)20-11-5-7-12(21)8-6-11/h1-8,14-15,21H,9-10H2,(H,20,22). The highest BCUT2D eigenvalue weighted by atomic mass is 19.1. The summed E-state index contributed by atoms with van der Waals surface area (Å²) in [5, 5.41) is 11.7. The number of benzene rings is 2. The maximum absolute atomic E-state index is 13.7. The number of esters is 1. The van der Waals surface area contributed by atoms with Gasteiger partial charge in [0.15, 0.2) is 6.61 Å². The van der Waals surface area contributed by atoms with Crippen LogP contribution in [0.3, 0.4) is 0 Å². The number of carbonyl (C=O) groups is 2. The summed E-state index contributed by atoms with van der Waals surface area (Å²) in [5.74, 6) is -1.79. The van der Waals surface area contributed by atoms with Gasteiger partial charge >= 0.3 is 5.97 Å². The molecule has 5 nitrogen and oxygen atoms in total. The number of rotatable bonds is 5. The maximum atomic E-state index is 13.7. The van der Waals surface area contributed by atoms with Gasteiger partial charge in [0.2, 0.25) is 0 Å². The Kier molecular flexibility index (Phi) is 4.46. The molecule has 124 valence electrons. The first-order valence-corrected chi connectivity index (χ1v) is 7.54. The molecule has 2 N–H and O–H groups in total. The van der Waals surface area contributed by atoms with Crippen LogP contribution in [0.2, 0.25) is 0 Å². The van der Waals surface area contributed by atoms with E-state index in [1.807, 2.05) is 0 Å². The Labute approximate surface area is 138 Å². The van der Waals surface area contributed by atoms with Gasteiger partial charge in [0.25, 0.3) is 5.91 Å². The van der Waals surface area contributed by atoms with Crippen LogP contribution in [0, 0.1) is 11.7 Å². The van der Waals surface area contributed by atoms with E-state index in [1.165, 1.54) is 30.3 Å². The Morgan fingerprint density at radius 1 is 1.17 bits per heavy atom. The third-order valence-electron chi connectivity index (χ3n) is 3.89. The molecule has 0 aliphatic heterocycles. The fraction of sp³-hybridized carbons (Fsp3) is 0.222. The number of aromatic hydroxyl groups is 1. The van der Waals surface area contributed by atoms with Gasteiger partial charge in [-0.15, -0.1) is 0 Å². The quantitative estimate of drug-likeness (QED) is 0.653. The Morgan fingerprint density at radius 2 is 1.88 bits per heavy atom. The fourth-order valence-electron chi connectivity index (χ4n) is 2.56. The average molecular weight is 329 g/mol. The normalized spacial score (nSPS) is 18.7. The predicted octanol–water partition coefficient (Wildman–Crippen LogP) is 2.82. The molecular weight excluding hydrogens is 313 g/mol. The summed E-state index contributed by atoms with van der Waals surface area (Å²) in [6.45, 7) is -0.403. The molecule has 24 heavy (non-hydrogen) atoms. The number of ether oxygens (including phenoxy) is 1. The molecule has 0 radical (unpaired) electrons. The van der Waals surface area contributed by atoms with Gasteiger partial charge in [-0.1, -0.05) is 18.2 Å². The molecule has 0 spiro atoms. The second-order valence-electron chi connectivity index (χ2n) is 5.67. The van der Waals surface area contributed by atoms with Gasteiger partial charge in [0.1, 0.15) is 11.6 Å². The largest absolute Gasteiger partial charge is 0.508 e. The summed E-state index contributed by atoms with van der Waals surface area (Å²) in [7, 11) is 0. The highest BCUT2D eigenvalue weighted by molar-refractivity contribution is 5.93. The highest BCUT2D eigenvalue weighted by Crippen LogP contribution is 2.48. The van der Waals surface area contributed by atoms with E-state index in [9.17, 15) is 14.0 Å². The van der Waals surface area contributed by atoms with E-state index in [0.717, 1.165) is 0 Å². The summed E-state index contributed by atoms with van der Waals surface area (Å²) in [6, 6.07) is 12.3. The molecule has 6 heteroatoms. The smallest absolute Gasteiger partial charge is 0.310 e. The summed E-state index contributed by atoms with van der Waals surface area (Å²) < 4.78 is 18.7. The molecule has 1 fully saturated rings. The second-order valence-corrected chi connectivity index (χ2v) is 5.67. The van der Waals surface area contributed by atoms with E-state index in [1.54, 1.807) is 18.2 Å². The minimum Gasteiger partial charge on any atom is -0.508 e. The van der Waals surface area contributed by atoms with Crippen LogP contribution in [0.5, 0.6) is 5.75 Å². The van der Waals surface area contributed by atoms with Crippen LogP contribution in [0.4, 0.5) is 10.1 Å². The van der Waals surface area contributed by atoms with Crippen molar-refractivity contribution < 1.29 is 23.8 Å². The summed E-state index contributed by atoms with van der Waals surface area (Å²) in [4.78, 5) is 23.7. The van der Waals surface area contributed by atoms with Crippen molar-refractivity contribution in [3.8, 4) is 5.75 Å². The lowest BCUT2D eigenvalue weighted by Crippen LogP contribution is -2.21. The minimum atomic E-state index is -0.496. The topological polar surface area (TPSA) is 75.6 Å². The Morgan fingerprint density at radius 3 is 2.58 bits per heavy atom. The van der Waals surface area contributed by atoms with E-state index in [2.05, 4.69) is 5.32 Å². The highest BCUT2D eigenvalue weighted by Gasteiger charge is 2.46. The molecule has 0 aromatic heterocycles. The SMILES string of the molecule is O=C(COC(=O)C1CC1c1ccccc1F)Nc1ccc(O)cc1. The Bertz CT molecular complexity index is 760. The van der Waals surface area contributed by atoms with Crippen molar-refractivity contribution in [1.82, 2.24) is 0 Å². The number of hydrogen-bond donors (Lipinski definition) is 2. The van der Waals surface area contributed by atoms with Crippen molar-refractivity contribution in [1.29, 1.82) is 0 Å². The van der Waals surface area contributed by atoms with Gasteiger partial charge in [0, 0.05) is 11.6 Å². The van der Waals surface area contributed by atoms with Gasteiger partial charge in [-0.05, 0) is 42.3 Å². The van der Waals surface area contributed by atoms with Crippen molar-refractivity contribution in [2.24, 2.45) is 5.92 Å². The molecule has 0 saturated heterocycles. The zero-order valence-corrected chi connectivity index (χ0v) is 12.7. The van der Waals surface area contributed by atoms with Gasteiger partial charge in [-0.2, -0.15) is 0 Å². The first-order chi connectivity index (χ1) is 11.5. The summed E-state index contributed by atoms with van der Waals surface area (Å²) in [6.07, 6.45) is 0.527. The minimum absolute atomic E-state index is 0.0901. The molecule has 1 aliphatic rings. The van der Waals surface area contributed by atoms with Crippen LogP contribution in [0.1, 0.15) is 17.9 Å². The molecule has 0 heterocycles. The van der Waals surface area contributed by atoms with Gasteiger partial charge in [-0.25, -0.2) is 4.39 Å². The molecule has 2 unspecified atom stereocenters. The van der Waals surface area contributed by atoms with Crippen molar-refractivity contribution >= 4 is 17.6 Å². The Balaban J connectivity index is 1.47. The van der Waals surface area contributed by atoms with Crippen LogP contribution in [0.25, 0.3) is 0 Å². The second kappa shape index (κ2) is 6.70. The summed E-state index contributed by atoms with van der Waals surface area (Å²) in [5.41, 5.74) is 0.998. The molecule has 2 aromatic carbocycles. The van der Waals surface area contributed by atoms with Crippen molar-refractivity contribution in [3.63, 3.8) is 0 Å². The number of halogens is 1. The number of amides is 1. The molecule has 0 bridgehead atoms. The van der Waals surface area contributed by atoms with E-state index in [4.69, 9.17) is 9.84 Å². The number of nitrogens with one attached hydrogen (secondary N) is 1. The number of hydrogen-bond acceptors (Lipinski definition) is 4. The van der Waals surface area contributed by atoms with Crippen LogP contribution in [-0.2, 0) is 14.3 Å². The zero-order chi connectivity index (χ0) is 17.1. The van der Waals surface area contributed by atoms with Gasteiger partial charge in [-0.3, -0.25) is 9.59 Å². The average Bonchev–Trinajstić information content (AvgIpc) is 3.36. The van der Waals surface area contributed by atoms with Crippen molar-refractivity contribution in [2.45, 2.75) is 12.3 Å². The lowest BCUT2D eigenvalue weighted by atomic mass is 10.1. The lowest BCUT2D eigenvalue weighted by molar-refractivity contribution is -0.148. The number of carbonyl (C=O) groups excluding carboxylic acids is 2. The molecule has 1 amide bonds. The van der Waals surface area contributed by atoms with Crippen LogP contribution in [-0.4, -0.2) is 23.6 Å². The van der Waals surface area contributed by atoms with Gasteiger partial charge < -0.3 is 15.2 Å². The first-order valence-electron chi connectivity index (χ1n) is 7.54.